The van der Waals surface area contributed by atoms with Crippen LogP contribution in [0.1, 0.15) is 29.6 Å². The molecule has 0 radical (unpaired) electrons. The number of benzene rings is 2. The molecule has 132 valence electrons. The average Bonchev–Trinajstić information content (AvgIpc) is 2.65. The van der Waals surface area contributed by atoms with Crippen molar-refractivity contribution in [1.82, 2.24) is 0 Å². The molecule has 0 atom stereocenters. The van der Waals surface area contributed by atoms with Gasteiger partial charge in [-0.2, -0.15) is 0 Å². The van der Waals surface area contributed by atoms with Crippen LogP contribution in [0.2, 0.25) is 0 Å². The third-order valence-electron chi connectivity index (χ3n) is 4.36. The summed E-state index contributed by atoms with van der Waals surface area (Å²) in [4.78, 5) is 14.6. The van der Waals surface area contributed by atoms with E-state index in [2.05, 4.69) is 10.2 Å². The maximum Gasteiger partial charge on any atom is 0.255 e. The second-order valence-corrected chi connectivity index (χ2v) is 6.06. The van der Waals surface area contributed by atoms with Crippen molar-refractivity contribution in [3.63, 3.8) is 0 Å². The van der Waals surface area contributed by atoms with Gasteiger partial charge in [0.05, 0.1) is 7.11 Å². The van der Waals surface area contributed by atoms with Crippen LogP contribution in [0.3, 0.4) is 0 Å². The highest BCUT2D eigenvalue weighted by Crippen LogP contribution is 2.30. The first-order chi connectivity index (χ1) is 12.1. The van der Waals surface area contributed by atoms with Crippen molar-refractivity contribution in [1.29, 1.82) is 0 Å². The lowest BCUT2D eigenvalue weighted by Gasteiger charge is -2.28. The van der Waals surface area contributed by atoms with Crippen molar-refractivity contribution >= 4 is 17.3 Å². The van der Waals surface area contributed by atoms with E-state index in [1.165, 1.54) is 32.4 Å². The van der Waals surface area contributed by atoms with Gasteiger partial charge in [0.15, 0.2) is 17.3 Å². The van der Waals surface area contributed by atoms with E-state index in [1.54, 1.807) is 0 Å². The number of phenols is 1. The Morgan fingerprint density at radius 1 is 1.16 bits per heavy atom. The second kappa shape index (κ2) is 7.42. The molecule has 0 saturated carbocycles. The highest BCUT2D eigenvalue weighted by atomic mass is 19.1. The van der Waals surface area contributed by atoms with Gasteiger partial charge in [0.2, 0.25) is 0 Å². The molecule has 0 aromatic heterocycles. The number of hydrogen-bond acceptors (Lipinski definition) is 4. The SMILES string of the molecule is COc1cc(C(=O)Nc2ccc(N3CCCCC3)cc2)cc(F)c1O. The summed E-state index contributed by atoms with van der Waals surface area (Å²) in [5, 5.41) is 12.2. The molecule has 1 fully saturated rings. The topological polar surface area (TPSA) is 61.8 Å². The lowest BCUT2D eigenvalue weighted by Crippen LogP contribution is -2.29. The summed E-state index contributed by atoms with van der Waals surface area (Å²) in [7, 11) is 1.30. The number of methoxy groups -OCH3 is 1. The molecule has 5 nitrogen and oxygen atoms in total. The summed E-state index contributed by atoms with van der Waals surface area (Å²) in [5.74, 6) is -2.05. The van der Waals surface area contributed by atoms with Crippen molar-refractivity contribution < 1.29 is 19.0 Å². The van der Waals surface area contributed by atoms with Gasteiger partial charge in [-0.05, 0) is 55.7 Å². The summed E-state index contributed by atoms with van der Waals surface area (Å²) in [6, 6.07) is 9.88. The van der Waals surface area contributed by atoms with Crippen LogP contribution in [-0.4, -0.2) is 31.2 Å². The van der Waals surface area contributed by atoms with Gasteiger partial charge < -0.3 is 20.1 Å². The largest absolute Gasteiger partial charge is 0.502 e. The van der Waals surface area contributed by atoms with E-state index in [-0.39, 0.29) is 11.3 Å². The predicted molar refractivity (Wildman–Crippen MR) is 95.1 cm³/mol. The van der Waals surface area contributed by atoms with Gasteiger partial charge in [-0.25, -0.2) is 4.39 Å². The van der Waals surface area contributed by atoms with Gasteiger partial charge in [0.1, 0.15) is 0 Å². The van der Waals surface area contributed by atoms with Crippen LogP contribution < -0.4 is 15.0 Å². The molecule has 1 saturated heterocycles. The van der Waals surface area contributed by atoms with Gasteiger partial charge >= 0.3 is 0 Å². The van der Waals surface area contributed by atoms with E-state index in [4.69, 9.17) is 4.74 Å². The maximum atomic E-state index is 13.7. The Morgan fingerprint density at radius 2 is 1.84 bits per heavy atom. The molecule has 25 heavy (non-hydrogen) atoms. The first kappa shape index (κ1) is 17.1. The van der Waals surface area contributed by atoms with Crippen LogP contribution >= 0.6 is 0 Å². The number of rotatable bonds is 4. The minimum Gasteiger partial charge on any atom is -0.502 e. The maximum absolute atomic E-state index is 13.7. The molecule has 3 rings (SSSR count). The van der Waals surface area contributed by atoms with Crippen LogP contribution in [0.4, 0.5) is 15.8 Å². The van der Waals surface area contributed by atoms with Crippen molar-refractivity contribution in [3.05, 3.63) is 47.8 Å². The Bertz CT molecular complexity index is 756. The smallest absolute Gasteiger partial charge is 0.255 e. The standard InChI is InChI=1S/C19H21FN2O3/c1-25-17-12-13(11-16(20)18(17)23)19(24)21-14-5-7-15(8-6-14)22-9-3-2-4-10-22/h5-8,11-12,23H,2-4,9-10H2,1H3,(H,21,24). The minimum atomic E-state index is -0.898. The number of hydrogen-bond donors (Lipinski definition) is 2. The zero-order valence-electron chi connectivity index (χ0n) is 14.1. The number of nitrogens with one attached hydrogen (secondary N) is 1. The number of aromatic hydroxyl groups is 1. The number of phenolic OH excluding ortho intramolecular Hbond substituents is 1. The fourth-order valence-corrected chi connectivity index (χ4v) is 2.97. The van der Waals surface area contributed by atoms with Crippen molar-refractivity contribution in [3.8, 4) is 11.5 Å². The fourth-order valence-electron chi connectivity index (χ4n) is 2.97. The van der Waals surface area contributed by atoms with Crippen LogP contribution in [0.25, 0.3) is 0 Å². The Hall–Kier alpha value is -2.76. The van der Waals surface area contributed by atoms with E-state index in [0.717, 1.165) is 24.8 Å². The quantitative estimate of drug-likeness (QED) is 0.886. The first-order valence-electron chi connectivity index (χ1n) is 8.31. The zero-order chi connectivity index (χ0) is 17.8. The molecule has 1 aliphatic heterocycles. The van der Waals surface area contributed by atoms with E-state index < -0.39 is 17.5 Å². The van der Waals surface area contributed by atoms with Crippen LogP contribution in [0, 0.1) is 5.82 Å². The summed E-state index contributed by atoms with van der Waals surface area (Å²) >= 11 is 0. The molecule has 2 aromatic carbocycles. The normalized spacial score (nSPS) is 14.2. The number of carbonyl (C=O) groups excluding carboxylic acids is 1. The highest BCUT2D eigenvalue weighted by molar-refractivity contribution is 6.04. The minimum absolute atomic E-state index is 0.0762. The van der Waals surface area contributed by atoms with E-state index in [0.29, 0.717) is 5.69 Å². The Balaban J connectivity index is 1.71. The summed E-state index contributed by atoms with van der Waals surface area (Å²) < 4.78 is 18.5. The van der Waals surface area contributed by atoms with Crippen LogP contribution in [-0.2, 0) is 0 Å². The van der Waals surface area contributed by atoms with Crippen molar-refractivity contribution in [2.45, 2.75) is 19.3 Å². The Kier molecular flexibility index (Phi) is 5.07. The molecule has 6 heteroatoms. The second-order valence-electron chi connectivity index (χ2n) is 6.06. The lowest BCUT2D eigenvalue weighted by atomic mass is 10.1. The number of piperidine rings is 1. The van der Waals surface area contributed by atoms with E-state index >= 15 is 0 Å². The molecule has 0 aliphatic carbocycles. The molecule has 1 heterocycles. The third kappa shape index (κ3) is 3.84. The summed E-state index contributed by atoms with van der Waals surface area (Å²) in [6.07, 6.45) is 3.68. The highest BCUT2D eigenvalue weighted by Gasteiger charge is 2.16. The summed E-state index contributed by atoms with van der Waals surface area (Å²) in [6.45, 7) is 2.11. The molecular weight excluding hydrogens is 323 g/mol. The number of nitrogens with zero attached hydrogens (tertiary/aromatic N) is 1. The lowest BCUT2D eigenvalue weighted by molar-refractivity contribution is 0.102. The number of carbonyl (C=O) groups is 1. The molecule has 0 bridgehead atoms. The number of ether oxygens (including phenoxy) is 1. The molecule has 2 aromatic rings. The average molecular weight is 344 g/mol. The third-order valence-corrected chi connectivity index (χ3v) is 4.36. The summed E-state index contributed by atoms with van der Waals surface area (Å²) in [5.41, 5.74) is 1.83. The van der Waals surface area contributed by atoms with Crippen LogP contribution in [0.15, 0.2) is 36.4 Å². The molecule has 1 amide bonds. The molecule has 1 aliphatic rings. The van der Waals surface area contributed by atoms with E-state index in [1.807, 2.05) is 24.3 Å². The van der Waals surface area contributed by atoms with Gasteiger partial charge in [-0.15, -0.1) is 0 Å². The molecule has 2 N–H and O–H groups in total. The van der Waals surface area contributed by atoms with Crippen molar-refractivity contribution in [2.75, 3.05) is 30.4 Å². The Morgan fingerprint density at radius 3 is 2.48 bits per heavy atom. The Labute approximate surface area is 146 Å². The van der Waals surface area contributed by atoms with Gasteiger partial charge in [0, 0.05) is 30.0 Å². The fraction of sp³-hybridized carbons (Fsp3) is 0.316. The van der Waals surface area contributed by atoms with Gasteiger partial charge in [-0.1, -0.05) is 0 Å². The van der Waals surface area contributed by atoms with Gasteiger partial charge in [0.25, 0.3) is 5.91 Å². The number of anilines is 2. The molecule has 0 unspecified atom stereocenters. The first-order valence-corrected chi connectivity index (χ1v) is 8.31. The number of halogens is 1. The van der Waals surface area contributed by atoms with Crippen molar-refractivity contribution in [2.24, 2.45) is 0 Å². The monoisotopic (exact) mass is 344 g/mol. The predicted octanol–water partition coefficient (Wildman–Crippen LogP) is 3.78. The number of amides is 1. The van der Waals surface area contributed by atoms with E-state index in [9.17, 15) is 14.3 Å². The molecular formula is C19H21FN2O3. The zero-order valence-corrected chi connectivity index (χ0v) is 14.1. The molecule has 0 spiro atoms. The van der Waals surface area contributed by atoms with Crippen LogP contribution in [0.5, 0.6) is 11.5 Å². The van der Waals surface area contributed by atoms with Gasteiger partial charge in [-0.3, -0.25) is 4.79 Å².